The molecule has 0 aromatic carbocycles. The van der Waals surface area contributed by atoms with E-state index >= 15 is 0 Å². The predicted molar refractivity (Wildman–Crippen MR) is 104 cm³/mol. The molecular formula is C17H32IN3O2. The van der Waals surface area contributed by atoms with Crippen molar-refractivity contribution < 1.29 is 9.47 Å². The first-order valence-electron chi connectivity index (χ1n) is 9.00. The number of ether oxygens (including phenoxy) is 2. The number of hydrogen-bond acceptors (Lipinski definition) is 3. The average molecular weight is 437 g/mol. The maximum Gasteiger partial charge on any atom is 0.193 e. The van der Waals surface area contributed by atoms with E-state index in [9.17, 15) is 0 Å². The molecule has 0 bridgehead atoms. The molecule has 3 heterocycles. The SMILES string of the molecule is CCNC(=NCCC1CCOCC1)N1CCC2(CCOC2)C1.I. The second kappa shape index (κ2) is 9.42. The summed E-state index contributed by atoms with van der Waals surface area (Å²) in [6, 6.07) is 0. The fourth-order valence-electron chi connectivity index (χ4n) is 3.90. The predicted octanol–water partition coefficient (Wildman–Crippen LogP) is 2.50. The van der Waals surface area contributed by atoms with Crippen LogP contribution in [0.25, 0.3) is 0 Å². The molecule has 1 spiro atoms. The lowest BCUT2D eigenvalue weighted by Crippen LogP contribution is -2.41. The zero-order valence-corrected chi connectivity index (χ0v) is 16.7. The lowest BCUT2D eigenvalue weighted by molar-refractivity contribution is 0.0646. The van der Waals surface area contributed by atoms with Crippen molar-refractivity contribution in [1.82, 2.24) is 10.2 Å². The van der Waals surface area contributed by atoms with E-state index in [0.29, 0.717) is 5.41 Å². The molecule has 6 heteroatoms. The summed E-state index contributed by atoms with van der Waals surface area (Å²) in [7, 11) is 0. The monoisotopic (exact) mass is 437 g/mol. The Bertz CT molecular complexity index is 380. The molecule has 3 saturated heterocycles. The lowest BCUT2D eigenvalue weighted by atomic mass is 9.87. The molecule has 23 heavy (non-hydrogen) atoms. The van der Waals surface area contributed by atoms with Crippen molar-refractivity contribution in [2.75, 3.05) is 52.6 Å². The van der Waals surface area contributed by atoms with Gasteiger partial charge in [0.2, 0.25) is 0 Å². The van der Waals surface area contributed by atoms with Crippen LogP contribution >= 0.6 is 24.0 Å². The van der Waals surface area contributed by atoms with E-state index in [1.807, 2.05) is 0 Å². The minimum atomic E-state index is 0. The zero-order chi connectivity index (χ0) is 15.3. The highest BCUT2D eigenvalue weighted by Crippen LogP contribution is 2.38. The number of hydrogen-bond donors (Lipinski definition) is 1. The van der Waals surface area contributed by atoms with Gasteiger partial charge in [0, 0.05) is 51.4 Å². The number of halogens is 1. The summed E-state index contributed by atoms with van der Waals surface area (Å²) in [4.78, 5) is 7.34. The van der Waals surface area contributed by atoms with Crippen molar-refractivity contribution in [3.05, 3.63) is 0 Å². The van der Waals surface area contributed by atoms with Crippen LogP contribution in [0.4, 0.5) is 0 Å². The maximum absolute atomic E-state index is 5.63. The Balaban J connectivity index is 0.00000192. The molecule has 3 rings (SSSR count). The second-order valence-corrected chi connectivity index (χ2v) is 7.05. The van der Waals surface area contributed by atoms with Crippen LogP contribution in [-0.4, -0.2) is 63.5 Å². The third-order valence-corrected chi connectivity index (χ3v) is 5.40. The van der Waals surface area contributed by atoms with Gasteiger partial charge < -0.3 is 19.7 Å². The summed E-state index contributed by atoms with van der Waals surface area (Å²) < 4.78 is 11.1. The minimum absolute atomic E-state index is 0. The molecular weight excluding hydrogens is 405 g/mol. The van der Waals surface area contributed by atoms with Crippen molar-refractivity contribution in [2.24, 2.45) is 16.3 Å². The number of rotatable bonds is 4. The van der Waals surface area contributed by atoms with Gasteiger partial charge in [-0.05, 0) is 44.9 Å². The molecule has 0 aliphatic carbocycles. The number of guanidine groups is 1. The van der Waals surface area contributed by atoms with Crippen molar-refractivity contribution in [2.45, 2.75) is 39.0 Å². The van der Waals surface area contributed by atoms with Crippen LogP contribution < -0.4 is 5.32 Å². The molecule has 3 fully saturated rings. The summed E-state index contributed by atoms with van der Waals surface area (Å²) in [5, 5.41) is 3.48. The van der Waals surface area contributed by atoms with Crippen LogP contribution in [0, 0.1) is 11.3 Å². The topological polar surface area (TPSA) is 46.1 Å². The fraction of sp³-hybridized carbons (Fsp3) is 0.941. The van der Waals surface area contributed by atoms with Crippen LogP contribution in [0.15, 0.2) is 4.99 Å². The highest BCUT2D eigenvalue weighted by molar-refractivity contribution is 14.0. The highest BCUT2D eigenvalue weighted by Gasteiger charge is 2.42. The zero-order valence-electron chi connectivity index (χ0n) is 14.4. The molecule has 134 valence electrons. The molecule has 0 amide bonds. The Morgan fingerprint density at radius 1 is 1.22 bits per heavy atom. The summed E-state index contributed by atoms with van der Waals surface area (Å²) in [5.41, 5.74) is 0.400. The van der Waals surface area contributed by atoms with Crippen molar-refractivity contribution in [1.29, 1.82) is 0 Å². The van der Waals surface area contributed by atoms with Gasteiger partial charge in [-0.15, -0.1) is 24.0 Å². The second-order valence-electron chi connectivity index (χ2n) is 7.05. The Kier molecular flexibility index (Phi) is 7.88. The molecule has 1 atom stereocenters. The van der Waals surface area contributed by atoms with Crippen LogP contribution in [0.2, 0.25) is 0 Å². The molecule has 5 nitrogen and oxygen atoms in total. The maximum atomic E-state index is 5.63. The van der Waals surface area contributed by atoms with Gasteiger partial charge in [-0.3, -0.25) is 4.99 Å². The number of aliphatic imine (C=N–C) groups is 1. The minimum Gasteiger partial charge on any atom is -0.381 e. The van der Waals surface area contributed by atoms with Crippen molar-refractivity contribution >= 4 is 29.9 Å². The van der Waals surface area contributed by atoms with Gasteiger partial charge in [-0.25, -0.2) is 0 Å². The van der Waals surface area contributed by atoms with Gasteiger partial charge in [-0.1, -0.05) is 0 Å². The third kappa shape index (κ3) is 5.19. The number of likely N-dealkylation sites (tertiary alicyclic amines) is 1. The summed E-state index contributed by atoms with van der Waals surface area (Å²) in [6.07, 6.45) is 6.06. The van der Waals surface area contributed by atoms with E-state index in [2.05, 4.69) is 17.1 Å². The standard InChI is InChI=1S/C17H31N3O2.HI/c1-2-18-16(19-8-3-15-4-10-21-11-5-15)20-9-6-17(13-20)7-12-22-14-17;/h15H,2-14H2,1H3,(H,18,19);1H. The van der Waals surface area contributed by atoms with Crippen LogP contribution in [-0.2, 0) is 9.47 Å². The van der Waals surface area contributed by atoms with E-state index in [1.165, 1.54) is 32.1 Å². The van der Waals surface area contributed by atoms with Crippen LogP contribution in [0.5, 0.6) is 0 Å². The van der Waals surface area contributed by atoms with Gasteiger partial charge in [-0.2, -0.15) is 0 Å². The van der Waals surface area contributed by atoms with E-state index in [0.717, 1.165) is 64.5 Å². The smallest absolute Gasteiger partial charge is 0.193 e. The molecule has 1 N–H and O–H groups in total. The fourth-order valence-corrected chi connectivity index (χ4v) is 3.90. The quantitative estimate of drug-likeness (QED) is 0.417. The first-order valence-corrected chi connectivity index (χ1v) is 9.00. The van der Waals surface area contributed by atoms with Gasteiger partial charge >= 0.3 is 0 Å². The average Bonchev–Trinajstić information content (AvgIpc) is 3.18. The van der Waals surface area contributed by atoms with Crippen LogP contribution in [0.1, 0.15) is 39.0 Å². The Labute approximate surface area is 157 Å². The normalized spacial score (nSPS) is 29.1. The molecule has 0 radical (unpaired) electrons. The van der Waals surface area contributed by atoms with E-state index in [4.69, 9.17) is 14.5 Å². The van der Waals surface area contributed by atoms with E-state index < -0.39 is 0 Å². The number of nitrogens with one attached hydrogen (secondary N) is 1. The van der Waals surface area contributed by atoms with Gasteiger partial charge in [0.25, 0.3) is 0 Å². The van der Waals surface area contributed by atoms with Gasteiger partial charge in [0.05, 0.1) is 6.61 Å². The van der Waals surface area contributed by atoms with Crippen LogP contribution in [0.3, 0.4) is 0 Å². The van der Waals surface area contributed by atoms with Crippen molar-refractivity contribution in [3.63, 3.8) is 0 Å². The third-order valence-electron chi connectivity index (χ3n) is 5.40. The van der Waals surface area contributed by atoms with E-state index in [-0.39, 0.29) is 24.0 Å². The lowest BCUT2D eigenvalue weighted by Gasteiger charge is -2.25. The molecule has 1 unspecified atom stereocenters. The highest BCUT2D eigenvalue weighted by atomic mass is 127. The molecule has 0 aromatic rings. The first-order chi connectivity index (χ1) is 10.8. The molecule has 0 aromatic heterocycles. The molecule has 3 aliphatic rings. The Morgan fingerprint density at radius 3 is 2.74 bits per heavy atom. The Morgan fingerprint density at radius 2 is 2.04 bits per heavy atom. The molecule has 0 saturated carbocycles. The largest absolute Gasteiger partial charge is 0.381 e. The first kappa shape index (κ1) is 19.2. The number of nitrogens with zero attached hydrogens (tertiary/aromatic N) is 2. The summed E-state index contributed by atoms with van der Waals surface area (Å²) >= 11 is 0. The van der Waals surface area contributed by atoms with Gasteiger partial charge in [0.1, 0.15) is 0 Å². The van der Waals surface area contributed by atoms with Crippen molar-refractivity contribution in [3.8, 4) is 0 Å². The Hall–Kier alpha value is -0.0800. The summed E-state index contributed by atoms with van der Waals surface area (Å²) in [6.45, 7) is 9.99. The summed E-state index contributed by atoms with van der Waals surface area (Å²) in [5.74, 6) is 1.91. The molecule has 3 aliphatic heterocycles. The van der Waals surface area contributed by atoms with E-state index in [1.54, 1.807) is 0 Å². The van der Waals surface area contributed by atoms with Gasteiger partial charge in [0.15, 0.2) is 5.96 Å².